The predicted octanol–water partition coefficient (Wildman–Crippen LogP) is -10.6. The fraction of sp³-hybridized carbons (Fsp3) is 0. The SMILES string of the molecule is N.N.N.N.N.N.[H-].[H-].[H-].[H-].[K+].[Na+].[Na+].[Na+]. The van der Waals surface area contributed by atoms with Gasteiger partial charge in [-0.05, 0) is 0 Å². The first-order valence-electron chi connectivity index (χ1n) is 0. The summed E-state index contributed by atoms with van der Waals surface area (Å²) in [4.78, 5) is 0. The zero-order valence-electron chi connectivity index (χ0n) is 12.2. The van der Waals surface area contributed by atoms with Crippen LogP contribution in [0.4, 0.5) is 0 Å². The average Bonchev–Trinajstić information content (AvgIpc) is 0. The Morgan fingerprint density at radius 3 is 0.400 bits per heavy atom. The van der Waals surface area contributed by atoms with E-state index in [1.807, 2.05) is 0 Å². The zero-order chi connectivity index (χ0) is 0. The van der Waals surface area contributed by atoms with E-state index in [0.717, 1.165) is 0 Å². The van der Waals surface area contributed by atoms with Gasteiger partial charge in [-0.3, -0.25) is 0 Å². The van der Waals surface area contributed by atoms with Crippen LogP contribution in [0.1, 0.15) is 5.71 Å². The van der Waals surface area contributed by atoms with Crippen molar-refractivity contribution in [3.8, 4) is 0 Å². The second kappa shape index (κ2) is 107. The van der Waals surface area contributed by atoms with Crippen LogP contribution in [0.25, 0.3) is 0 Å². The second-order valence-corrected chi connectivity index (χ2v) is 0. The van der Waals surface area contributed by atoms with Gasteiger partial charge in [-0.25, -0.2) is 0 Å². The van der Waals surface area contributed by atoms with Crippen LogP contribution in [0, 0.1) is 0 Å². The molecule has 0 aromatic heterocycles. The van der Waals surface area contributed by atoms with E-state index in [9.17, 15) is 0 Å². The molecule has 0 amide bonds. The fourth-order valence-electron chi connectivity index (χ4n) is 0. The van der Waals surface area contributed by atoms with E-state index >= 15 is 0 Å². The standard InChI is InChI=1S/K.6H3N.3Na.4H/h;6*1H3;;;;;;;/q+1;;;;;;;3*+1;4*-1. The smallest absolute Gasteiger partial charge is 1.00 e. The molecule has 18 N–H and O–H groups in total. The number of hydrogen-bond donors (Lipinski definition) is 6. The van der Waals surface area contributed by atoms with Gasteiger partial charge in [0.15, 0.2) is 0 Å². The van der Waals surface area contributed by atoms with Crippen molar-refractivity contribution in [2.45, 2.75) is 0 Å². The van der Waals surface area contributed by atoms with Crippen molar-refractivity contribution >= 4 is 0 Å². The van der Waals surface area contributed by atoms with E-state index in [1.165, 1.54) is 0 Å². The summed E-state index contributed by atoms with van der Waals surface area (Å²) in [6.45, 7) is 0. The first kappa shape index (κ1) is 134. The van der Waals surface area contributed by atoms with Crippen molar-refractivity contribution in [1.82, 2.24) is 36.9 Å². The number of hydrogen-bond acceptors (Lipinski definition) is 6. The molecule has 10 heavy (non-hydrogen) atoms. The fourth-order valence-corrected chi connectivity index (χ4v) is 0. The molecular weight excluding hydrogens is 192 g/mol. The van der Waals surface area contributed by atoms with Crippen molar-refractivity contribution < 1.29 is 146 Å². The van der Waals surface area contributed by atoms with Gasteiger partial charge in [0.05, 0.1) is 0 Å². The Kier molecular flexibility index (Phi) is 1420. The van der Waals surface area contributed by atoms with Gasteiger partial charge in [-0.15, -0.1) is 0 Å². The summed E-state index contributed by atoms with van der Waals surface area (Å²) in [6.07, 6.45) is 0. The van der Waals surface area contributed by atoms with E-state index in [4.69, 9.17) is 0 Å². The van der Waals surface area contributed by atoms with Crippen molar-refractivity contribution in [1.29, 1.82) is 0 Å². The van der Waals surface area contributed by atoms with Crippen molar-refractivity contribution in [2.75, 3.05) is 0 Å². The molecule has 0 aromatic carbocycles. The molecule has 0 rings (SSSR count). The largest absolute Gasteiger partial charge is 1.00 e. The molecule has 0 saturated carbocycles. The summed E-state index contributed by atoms with van der Waals surface area (Å²) >= 11 is 0. The Bertz CT molecular complexity index is 25.0. The maximum absolute atomic E-state index is 0. The Hall–Kier alpha value is 4.40. The monoisotopic (exact) mass is 214 g/mol. The van der Waals surface area contributed by atoms with Crippen molar-refractivity contribution in [2.24, 2.45) is 0 Å². The van der Waals surface area contributed by atoms with Crippen LogP contribution >= 0.6 is 0 Å². The summed E-state index contributed by atoms with van der Waals surface area (Å²) in [5.41, 5.74) is 0. The van der Waals surface area contributed by atoms with Crippen LogP contribution in [0.3, 0.4) is 0 Å². The molecule has 10 heteroatoms. The summed E-state index contributed by atoms with van der Waals surface area (Å²) in [7, 11) is 0. The van der Waals surface area contributed by atoms with Gasteiger partial charge < -0.3 is 42.6 Å². The Balaban J connectivity index is 0. The summed E-state index contributed by atoms with van der Waals surface area (Å²) in [6, 6.07) is 0. The Morgan fingerprint density at radius 1 is 0.400 bits per heavy atom. The third kappa shape index (κ3) is 83.3. The number of rotatable bonds is 0. The van der Waals surface area contributed by atoms with Gasteiger partial charge in [-0.1, -0.05) is 0 Å². The van der Waals surface area contributed by atoms with Gasteiger partial charge in [0.1, 0.15) is 0 Å². The third-order valence-corrected chi connectivity index (χ3v) is 0. The minimum atomic E-state index is 0. The molecule has 56 valence electrons. The van der Waals surface area contributed by atoms with E-state index in [1.54, 1.807) is 0 Å². The van der Waals surface area contributed by atoms with Gasteiger partial charge >= 0.3 is 140 Å². The Labute approximate surface area is 178 Å². The third-order valence-electron chi connectivity index (χ3n) is 0. The van der Waals surface area contributed by atoms with Gasteiger partial charge in [-0.2, -0.15) is 0 Å². The molecule has 0 aliphatic rings. The molecule has 0 aliphatic heterocycles. The maximum atomic E-state index is 0. The molecule has 0 bridgehead atoms. The molecule has 0 fully saturated rings. The maximum Gasteiger partial charge on any atom is 1.00 e. The first-order valence-corrected chi connectivity index (χ1v) is 0. The molecular formula is H22KN6Na3. The summed E-state index contributed by atoms with van der Waals surface area (Å²) < 4.78 is 0. The zero-order valence-corrected chi connectivity index (χ0v) is 17.4. The van der Waals surface area contributed by atoms with Crippen LogP contribution in [0.2, 0.25) is 0 Å². The second-order valence-electron chi connectivity index (χ2n) is 0. The van der Waals surface area contributed by atoms with Gasteiger partial charge in [0.25, 0.3) is 0 Å². The minimum absolute atomic E-state index is 0. The predicted molar refractivity (Wildman–Crippen MR) is 34.6 cm³/mol. The van der Waals surface area contributed by atoms with Gasteiger partial charge in [0, 0.05) is 0 Å². The minimum Gasteiger partial charge on any atom is -1.00 e. The van der Waals surface area contributed by atoms with Crippen molar-refractivity contribution in [3.63, 3.8) is 0 Å². The quantitative estimate of drug-likeness (QED) is 0.215. The molecule has 0 spiro atoms. The van der Waals surface area contributed by atoms with E-state index in [2.05, 4.69) is 0 Å². The van der Waals surface area contributed by atoms with E-state index in [-0.39, 0.29) is 183 Å². The first-order chi connectivity index (χ1) is 0. The van der Waals surface area contributed by atoms with Gasteiger partial charge in [0.2, 0.25) is 0 Å². The average molecular weight is 214 g/mol. The van der Waals surface area contributed by atoms with Crippen LogP contribution in [-0.2, 0) is 0 Å². The van der Waals surface area contributed by atoms with Crippen LogP contribution in [0.5, 0.6) is 0 Å². The van der Waals surface area contributed by atoms with Crippen LogP contribution < -0.4 is 177 Å². The molecule has 6 nitrogen and oxygen atoms in total. The molecule has 0 aromatic rings. The van der Waals surface area contributed by atoms with E-state index in [0.29, 0.717) is 0 Å². The molecule has 0 atom stereocenters. The van der Waals surface area contributed by atoms with Crippen molar-refractivity contribution in [3.05, 3.63) is 0 Å². The summed E-state index contributed by atoms with van der Waals surface area (Å²) in [5.74, 6) is 0. The molecule has 0 aliphatic carbocycles. The molecule has 0 unspecified atom stereocenters. The molecule has 0 heterocycles. The molecule has 0 saturated heterocycles. The molecule has 0 radical (unpaired) electrons. The summed E-state index contributed by atoms with van der Waals surface area (Å²) in [5, 5.41) is 0. The normalized spacial score (nSPS) is 0. The van der Waals surface area contributed by atoms with E-state index < -0.39 is 0 Å². The van der Waals surface area contributed by atoms with Crippen LogP contribution in [-0.4, -0.2) is 0 Å². The Morgan fingerprint density at radius 2 is 0.400 bits per heavy atom. The topological polar surface area (TPSA) is 210 Å². The van der Waals surface area contributed by atoms with Crippen LogP contribution in [0.15, 0.2) is 0 Å².